The van der Waals surface area contributed by atoms with Gasteiger partial charge in [0.2, 0.25) is 0 Å². The summed E-state index contributed by atoms with van der Waals surface area (Å²) >= 11 is 6.15. The fraction of sp³-hybridized carbons (Fsp3) is 0.385. The van der Waals surface area contributed by atoms with Crippen molar-refractivity contribution in [2.75, 3.05) is 25.1 Å². The second kappa shape index (κ2) is 15.2. The van der Waals surface area contributed by atoms with Crippen molar-refractivity contribution in [1.82, 2.24) is 15.3 Å². The lowest BCUT2D eigenvalue weighted by atomic mass is 10.1. The van der Waals surface area contributed by atoms with E-state index in [1.807, 2.05) is 38.4 Å². The highest BCUT2D eigenvalue weighted by atomic mass is 35.5. The van der Waals surface area contributed by atoms with Crippen LogP contribution < -0.4 is 16.4 Å². The third-order valence-corrected chi connectivity index (χ3v) is 5.32. The number of nitrogens with zero attached hydrogens (tertiary/aromatic N) is 2. The van der Waals surface area contributed by atoms with Crippen molar-refractivity contribution in [2.45, 2.75) is 51.5 Å². The maximum atomic E-state index is 13.2. The molecule has 0 spiro atoms. The molecule has 33 heavy (non-hydrogen) atoms. The SMILES string of the molecule is C1CCCCCC1.CNC.Nc1cc(-c2cccc(NCc3cccc(F)c3)n2)c(Cl)cn1. The highest BCUT2D eigenvalue weighted by Crippen LogP contribution is 2.28. The number of hydrogen-bond acceptors (Lipinski definition) is 5. The van der Waals surface area contributed by atoms with Gasteiger partial charge in [0.15, 0.2) is 0 Å². The van der Waals surface area contributed by atoms with Crippen LogP contribution in [-0.2, 0) is 6.54 Å². The van der Waals surface area contributed by atoms with E-state index in [4.69, 9.17) is 17.3 Å². The molecule has 1 aromatic carbocycles. The summed E-state index contributed by atoms with van der Waals surface area (Å²) in [5.74, 6) is 0.785. The molecule has 178 valence electrons. The Hall–Kier alpha value is -2.70. The van der Waals surface area contributed by atoms with Crippen LogP contribution in [0.3, 0.4) is 0 Å². The molecule has 7 heteroatoms. The van der Waals surface area contributed by atoms with E-state index in [1.54, 1.807) is 12.1 Å². The van der Waals surface area contributed by atoms with Crippen LogP contribution in [0.1, 0.15) is 50.5 Å². The van der Waals surface area contributed by atoms with E-state index in [1.165, 1.54) is 63.3 Å². The first-order valence-corrected chi connectivity index (χ1v) is 11.9. The number of aromatic nitrogens is 2. The predicted octanol–water partition coefficient (Wildman–Crippen LogP) is 6.70. The Morgan fingerprint density at radius 3 is 2.15 bits per heavy atom. The molecule has 1 aliphatic rings. The first-order chi connectivity index (χ1) is 16.0. The molecular formula is C26H35ClFN5. The molecule has 4 N–H and O–H groups in total. The number of nitrogens with two attached hydrogens (primary N) is 1. The zero-order valence-corrected chi connectivity index (χ0v) is 20.3. The zero-order valence-electron chi connectivity index (χ0n) is 19.6. The van der Waals surface area contributed by atoms with Gasteiger partial charge in [-0.3, -0.25) is 0 Å². The second-order valence-corrected chi connectivity index (χ2v) is 8.36. The molecular weight excluding hydrogens is 437 g/mol. The van der Waals surface area contributed by atoms with E-state index in [2.05, 4.69) is 20.6 Å². The van der Waals surface area contributed by atoms with E-state index in [0.717, 1.165) is 5.56 Å². The van der Waals surface area contributed by atoms with Gasteiger partial charge in [-0.1, -0.05) is 74.7 Å². The summed E-state index contributed by atoms with van der Waals surface area (Å²) in [6.07, 6.45) is 12.0. The first kappa shape index (κ1) is 26.6. The maximum absolute atomic E-state index is 13.2. The Morgan fingerprint density at radius 1 is 0.939 bits per heavy atom. The Bertz CT molecular complexity index is 947. The van der Waals surface area contributed by atoms with Crippen molar-refractivity contribution < 1.29 is 4.39 Å². The molecule has 2 aromatic heterocycles. The Balaban J connectivity index is 0.000000321. The van der Waals surface area contributed by atoms with Crippen LogP contribution >= 0.6 is 11.6 Å². The molecule has 0 aliphatic heterocycles. The second-order valence-electron chi connectivity index (χ2n) is 7.96. The molecule has 0 radical (unpaired) electrons. The minimum absolute atomic E-state index is 0.259. The van der Waals surface area contributed by atoms with E-state index >= 15 is 0 Å². The molecule has 2 heterocycles. The van der Waals surface area contributed by atoms with Gasteiger partial charge in [0, 0.05) is 18.3 Å². The molecule has 0 saturated heterocycles. The topological polar surface area (TPSA) is 75.9 Å². The van der Waals surface area contributed by atoms with Gasteiger partial charge in [-0.25, -0.2) is 14.4 Å². The number of pyridine rings is 2. The third kappa shape index (κ3) is 10.2. The number of halogens is 2. The van der Waals surface area contributed by atoms with Crippen molar-refractivity contribution in [1.29, 1.82) is 0 Å². The number of nitrogens with one attached hydrogen (secondary N) is 2. The standard InChI is InChI=1S/C17H14ClFN4.C7H14.C2H7N/c18-14-10-21-16(20)8-13(14)15-5-2-6-17(23-15)22-9-11-3-1-4-12(19)7-11;1-2-4-6-7-5-3-1;1-3-2/h1-8,10H,9H2,(H2,20,21)(H,22,23);1-7H2;3H,1-2H3. The molecule has 1 fully saturated rings. The number of rotatable bonds is 4. The summed E-state index contributed by atoms with van der Waals surface area (Å²) in [5.41, 5.74) is 7.94. The summed E-state index contributed by atoms with van der Waals surface area (Å²) in [7, 11) is 3.75. The van der Waals surface area contributed by atoms with Gasteiger partial charge in [-0.05, 0) is 50.0 Å². The number of nitrogen functional groups attached to an aromatic ring is 1. The summed E-state index contributed by atoms with van der Waals surface area (Å²) in [5, 5.41) is 6.40. The van der Waals surface area contributed by atoms with Crippen LogP contribution in [0.4, 0.5) is 16.0 Å². The van der Waals surface area contributed by atoms with Crippen LogP contribution in [-0.4, -0.2) is 24.1 Å². The molecule has 0 amide bonds. The van der Waals surface area contributed by atoms with Crippen LogP contribution in [0, 0.1) is 5.82 Å². The van der Waals surface area contributed by atoms with Crippen LogP contribution in [0.25, 0.3) is 11.3 Å². The van der Waals surface area contributed by atoms with Gasteiger partial charge in [-0.15, -0.1) is 0 Å². The summed E-state index contributed by atoms with van der Waals surface area (Å²) < 4.78 is 13.2. The van der Waals surface area contributed by atoms with E-state index in [9.17, 15) is 4.39 Å². The average Bonchev–Trinajstić information content (AvgIpc) is 3.14. The molecule has 0 bridgehead atoms. The number of benzene rings is 1. The molecule has 3 aromatic rings. The lowest BCUT2D eigenvalue weighted by molar-refractivity contribution is 0.626. The van der Waals surface area contributed by atoms with Crippen molar-refractivity contribution in [3.05, 3.63) is 71.1 Å². The average molecular weight is 472 g/mol. The Morgan fingerprint density at radius 2 is 1.55 bits per heavy atom. The molecule has 0 unspecified atom stereocenters. The van der Waals surface area contributed by atoms with Crippen LogP contribution in [0.5, 0.6) is 0 Å². The predicted molar refractivity (Wildman–Crippen MR) is 138 cm³/mol. The molecule has 1 aliphatic carbocycles. The van der Waals surface area contributed by atoms with E-state index < -0.39 is 0 Å². The van der Waals surface area contributed by atoms with Crippen molar-refractivity contribution in [2.24, 2.45) is 0 Å². The largest absolute Gasteiger partial charge is 0.384 e. The number of anilines is 2. The van der Waals surface area contributed by atoms with Gasteiger partial charge >= 0.3 is 0 Å². The highest BCUT2D eigenvalue weighted by Gasteiger charge is 2.07. The van der Waals surface area contributed by atoms with Gasteiger partial charge in [0.05, 0.1) is 10.7 Å². The van der Waals surface area contributed by atoms with Gasteiger partial charge in [0.1, 0.15) is 17.5 Å². The van der Waals surface area contributed by atoms with Crippen LogP contribution in [0.15, 0.2) is 54.7 Å². The number of hydrogen-bond donors (Lipinski definition) is 3. The van der Waals surface area contributed by atoms with E-state index in [-0.39, 0.29) is 5.82 Å². The summed E-state index contributed by atoms with van der Waals surface area (Å²) in [6, 6.07) is 13.6. The summed E-state index contributed by atoms with van der Waals surface area (Å²) in [6.45, 7) is 0.473. The summed E-state index contributed by atoms with van der Waals surface area (Å²) in [4.78, 5) is 8.45. The Kier molecular flexibility index (Phi) is 12.2. The lowest BCUT2D eigenvalue weighted by Gasteiger charge is -2.09. The lowest BCUT2D eigenvalue weighted by Crippen LogP contribution is -2.02. The van der Waals surface area contributed by atoms with Gasteiger partial charge < -0.3 is 16.4 Å². The molecule has 4 rings (SSSR count). The minimum atomic E-state index is -0.259. The maximum Gasteiger partial charge on any atom is 0.126 e. The van der Waals surface area contributed by atoms with Crippen molar-refractivity contribution >= 4 is 23.2 Å². The molecule has 0 atom stereocenters. The van der Waals surface area contributed by atoms with Gasteiger partial charge in [-0.2, -0.15) is 0 Å². The Labute approximate surface area is 202 Å². The van der Waals surface area contributed by atoms with Gasteiger partial charge in [0.25, 0.3) is 0 Å². The van der Waals surface area contributed by atoms with E-state index in [0.29, 0.717) is 34.5 Å². The third-order valence-electron chi connectivity index (χ3n) is 5.01. The molecule has 5 nitrogen and oxygen atoms in total. The molecule has 1 saturated carbocycles. The quantitative estimate of drug-likeness (QED) is 0.369. The highest BCUT2D eigenvalue weighted by molar-refractivity contribution is 6.33. The fourth-order valence-electron chi connectivity index (χ4n) is 3.41. The minimum Gasteiger partial charge on any atom is -0.384 e. The normalized spacial score (nSPS) is 13.0. The first-order valence-electron chi connectivity index (χ1n) is 11.5. The smallest absolute Gasteiger partial charge is 0.126 e. The zero-order chi connectivity index (χ0) is 23.9. The monoisotopic (exact) mass is 471 g/mol. The van der Waals surface area contributed by atoms with Crippen molar-refractivity contribution in [3.8, 4) is 11.3 Å². The van der Waals surface area contributed by atoms with Crippen LogP contribution in [0.2, 0.25) is 5.02 Å². The van der Waals surface area contributed by atoms with Crippen molar-refractivity contribution in [3.63, 3.8) is 0 Å². The fourth-order valence-corrected chi connectivity index (χ4v) is 3.61.